The van der Waals surface area contributed by atoms with Gasteiger partial charge in [-0.15, -0.1) is 0 Å². The van der Waals surface area contributed by atoms with E-state index >= 15 is 0 Å². The number of hydrogen-bond acceptors (Lipinski definition) is 5. The predicted octanol–water partition coefficient (Wildman–Crippen LogP) is 7.60. The molecule has 0 amide bonds. The van der Waals surface area contributed by atoms with Crippen molar-refractivity contribution >= 4 is 28.4 Å². The van der Waals surface area contributed by atoms with E-state index < -0.39 is 11.7 Å². The SMILES string of the molecule is CN(C)c1ccc(N=Nc2ccc(N=Nc3ccc(C(F)(F)F)cc3)cc2)cc1. The highest BCUT2D eigenvalue weighted by Crippen LogP contribution is 2.31. The molecule has 0 unspecified atom stereocenters. The number of hydrogen-bond donors (Lipinski definition) is 0. The van der Waals surface area contributed by atoms with E-state index in [9.17, 15) is 13.2 Å². The zero-order valence-corrected chi connectivity index (χ0v) is 15.8. The van der Waals surface area contributed by atoms with Gasteiger partial charge in [-0.25, -0.2) is 0 Å². The number of halogens is 3. The first-order valence-corrected chi connectivity index (χ1v) is 8.69. The average molecular weight is 397 g/mol. The molecule has 0 aliphatic rings. The van der Waals surface area contributed by atoms with Gasteiger partial charge in [-0.3, -0.25) is 0 Å². The average Bonchev–Trinajstić information content (AvgIpc) is 2.71. The van der Waals surface area contributed by atoms with E-state index in [1.807, 2.05) is 43.3 Å². The Morgan fingerprint density at radius 1 is 0.552 bits per heavy atom. The summed E-state index contributed by atoms with van der Waals surface area (Å²) < 4.78 is 37.7. The van der Waals surface area contributed by atoms with Crippen molar-refractivity contribution in [3.8, 4) is 0 Å². The lowest BCUT2D eigenvalue weighted by Gasteiger charge is -2.11. The van der Waals surface area contributed by atoms with Gasteiger partial charge in [-0.1, -0.05) is 0 Å². The van der Waals surface area contributed by atoms with Crippen molar-refractivity contribution in [2.24, 2.45) is 20.5 Å². The van der Waals surface area contributed by atoms with Crippen LogP contribution in [0.15, 0.2) is 93.3 Å². The second-order valence-electron chi connectivity index (χ2n) is 6.37. The fourth-order valence-electron chi connectivity index (χ4n) is 2.35. The van der Waals surface area contributed by atoms with Crippen LogP contribution in [0, 0.1) is 0 Å². The zero-order chi connectivity index (χ0) is 20.9. The maximum atomic E-state index is 12.6. The molecule has 148 valence electrons. The van der Waals surface area contributed by atoms with Gasteiger partial charge in [0.05, 0.1) is 28.3 Å². The van der Waals surface area contributed by atoms with Gasteiger partial charge in [0.1, 0.15) is 0 Å². The van der Waals surface area contributed by atoms with Crippen LogP contribution >= 0.6 is 0 Å². The van der Waals surface area contributed by atoms with Crippen molar-refractivity contribution in [3.63, 3.8) is 0 Å². The Morgan fingerprint density at radius 3 is 1.17 bits per heavy atom. The largest absolute Gasteiger partial charge is 0.416 e. The summed E-state index contributed by atoms with van der Waals surface area (Å²) in [7, 11) is 3.93. The quantitative estimate of drug-likeness (QED) is 0.409. The van der Waals surface area contributed by atoms with Gasteiger partial charge in [0, 0.05) is 19.8 Å². The first kappa shape index (κ1) is 20.2. The van der Waals surface area contributed by atoms with Gasteiger partial charge in [-0.05, 0) is 72.8 Å². The van der Waals surface area contributed by atoms with Crippen LogP contribution in [0.4, 0.5) is 41.6 Å². The second-order valence-corrected chi connectivity index (χ2v) is 6.37. The van der Waals surface area contributed by atoms with Crippen LogP contribution in [0.2, 0.25) is 0 Å². The summed E-state index contributed by atoms with van der Waals surface area (Å²) in [6.45, 7) is 0. The Bertz CT molecular complexity index is 990. The van der Waals surface area contributed by atoms with E-state index in [1.165, 1.54) is 12.1 Å². The standard InChI is InChI=1S/C21H18F3N5/c1-29(2)20-13-11-19(12-14-20)28-27-18-9-7-17(8-10-18)26-25-16-5-3-15(4-6-16)21(22,23)24/h3-14H,1-2H3. The highest BCUT2D eigenvalue weighted by Gasteiger charge is 2.29. The van der Waals surface area contributed by atoms with E-state index in [-0.39, 0.29) is 0 Å². The molecule has 8 heteroatoms. The zero-order valence-electron chi connectivity index (χ0n) is 15.8. The van der Waals surface area contributed by atoms with Gasteiger partial charge in [0.2, 0.25) is 0 Å². The molecule has 29 heavy (non-hydrogen) atoms. The topological polar surface area (TPSA) is 52.7 Å². The molecule has 5 nitrogen and oxygen atoms in total. The highest BCUT2D eigenvalue weighted by molar-refractivity contribution is 5.52. The number of nitrogens with zero attached hydrogens (tertiary/aromatic N) is 5. The summed E-state index contributed by atoms with van der Waals surface area (Å²) in [5.41, 5.74) is 2.63. The molecule has 0 aliphatic carbocycles. The lowest BCUT2D eigenvalue weighted by molar-refractivity contribution is -0.137. The monoisotopic (exact) mass is 397 g/mol. The smallest absolute Gasteiger partial charge is 0.378 e. The normalized spacial score (nSPS) is 12.0. The number of alkyl halides is 3. The Labute approximate surface area is 166 Å². The van der Waals surface area contributed by atoms with Gasteiger partial charge in [0.15, 0.2) is 0 Å². The third-order valence-corrected chi connectivity index (χ3v) is 3.97. The number of azo groups is 2. The van der Waals surface area contributed by atoms with Crippen molar-refractivity contribution in [3.05, 3.63) is 78.4 Å². The Hall–Kier alpha value is -3.55. The molecular weight excluding hydrogens is 379 g/mol. The van der Waals surface area contributed by atoms with Crippen molar-refractivity contribution < 1.29 is 13.2 Å². The Balaban J connectivity index is 1.63. The molecule has 0 fully saturated rings. The molecule has 0 spiro atoms. The van der Waals surface area contributed by atoms with E-state index in [0.29, 0.717) is 17.1 Å². The van der Waals surface area contributed by atoms with E-state index in [1.54, 1.807) is 24.3 Å². The summed E-state index contributed by atoms with van der Waals surface area (Å²) in [5.74, 6) is 0. The summed E-state index contributed by atoms with van der Waals surface area (Å²) in [5, 5.41) is 16.3. The lowest BCUT2D eigenvalue weighted by atomic mass is 10.2. The third-order valence-electron chi connectivity index (χ3n) is 3.97. The first-order chi connectivity index (χ1) is 13.8. The Kier molecular flexibility index (Phi) is 6.01. The van der Waals surface area contributed by atoms with Crippen molar-refractivity contribution in [1.82, 2.24) is 0 Å². The van der Waals surface area contributed by atoms with Gasteiger partial charge >= 0.3 is 6.18 Å². The van der Waals surface area contributed by atoms with Crippen LogP contribution in [-0.2, 0) is 6.18 Å². The molecule has 0 N–H and O–H groups in total. The number of anilines is 1. The van der Waals surface area contributed by atoms with Gasteiger partial charge in [-0.2, -0.15) is 33.6 Å². The van der Waals surface area contributed by atoms with Crippen LogP contribution < -0.4 is 4.90 Å². The van der Waals surface area contributed by atoms with E-state index in [0.717, 1.165) is 23.5 Å². The van der Waals surface area contributed by atoms with E-state index in [4.69, 9.17) is 0 Å². The first-order valence-electron chi connectivity index (χ1n) is 8.69. The van der Waals surface area contributed by atoms with Crippen LogP contribution in [0.1, 0.15) is 5.56 Å². The minimum Gasteiger partial charge on any atom is -0.378 e. The van der Waals surface area contributed by atoms with Crippen LogP contribution in [0.25, 0.3) is 0 Å². The second kappa shape index (κ2) is 8.64. The summed E-state index contributed by atoms with van der Waals surface area (Å²) in [6.07, 6.45) is -4.37. The summed E-state index contributed by atoms with van der Waals surface area (Å²) in [6, 6.07) is 19.1. The molecular formula is C21H18F3N5. The molecule has 0 aliphatic heterocycles. The molecule has 3 aromatic rings. The fraction of sp³-hybridized carbons (Fsp3) is 0.143. The number of benzene rings is 3. The molecule has 0 atom stereocenters. The maximum Gasteiger partial charge on any atom is 0.416 e. The van der Waals surface area contributed by atoms with E-state index in [2.05, 4.69) is 20.5 Å². The third kappa shape index (κ3) is 5.71. The molecule has 0 bridgehead atoms. The highest BCUT2D eigenvalue weighted by atomic mass is 19.4. The predicted molar refractivity (Wildman–Crippen MR) is 107 cm³/mol. The van der Waals surface area contributed by atoms with Crippen molar-refractivity contribution in [2.45, 2.75) is 6.18 Å². The lowest BCUT2D eigenvalue weighted by Crippen LogP contribution is -2.07. The fourth-order valence-corrected chi connectivity index (χ4v) is 2.35. The molecule has 0 heterocycles. The Morgan fingerprint density at radius 2 is 0.862 bits per heavy atom. The summed E-state index contributed by atoms with van der Waals surface area (Å²) >= 11 is 0. The number of rotatable bonds is 5. The van der Waals surface area contributed by atoms with Crippen molar-refractivity contribution in [1.29, 1.82) is 0 Å². The maximum absolute atomic E-state index is 12.6. The molecule has 0 radical (unpaired) electrons. The van der Waals surface area contributed by atoms with Crippen LogP contribution in [0.3, 0.4) is 0 Å². The minimum absolute atomic E-state index is 0.336. The van der Waals surface area contributed by atoms with Gasteiger partial charge < -0.3 is 4.90 Å². The molecule has 0 saturated carbocycles. The minimum atomic E-state index is -4.37. The molecule has 0 aromatic heterocycles. The van der Waals surface area contributed by atoms with Gasteiger partial charge in [0.25, 0.3) is 0 Å². The summed E-state index contributed by atoms with van der Waals surface area (Å²) in [4.78, 5) is 2.00. The van der Waals surface area contributed by atoms with Crippen LogP contribution in [-0.4, -0.2) is 14.1 Å². The van der Waals surface area contributed by atoms with Crippen molar-refractivity contribution in [2.75, 3.05) is 19.0 Å². The molecule has 3 rings (SSSR count). The van der Waals surface area contributed by atoms with Crippen LogP contribution in [0.5, 0.6) is 0 Å². The molecule has 0 saturated heterocycles. The molecule has 3 aromatic carbocycles.